The van der Waals surface area contributed by atoms with Crippen molar-refractivity contribution in [3.63, 3.8) is 0 Å². The van der Waals surface area contributed by atoms with Crippen LogP contribution in [0.5, 0.6) is 0 Å². The predicted octanol–water partition coefficient (Wildman–Crippen LogP) is 1.43. The minimum absolute atomic E-state index is 0.715. The number of hydrogen-bond acceptors (Lipinski definition) is 3. The smallest absolute Gasteiger partial charge is 0.140 e. The molecule has 14 heavy (non-hydrogen) atoms. The third-order valence-corrected chi connectivity index (χ3v) is 2.62. The maximum Gasteiger partial charge on any atom is 0.140 e. The molecule has 0 saturated heterocycles. The van der Waals surface area contributed by atoms with Gasteiger partial charge in [-0.2, -0.15) is 5.10 Å². The minimum Gasteiger partial charge on any atom is -0.313 e. The fourth-order valence-electron chi connectivity index (χ4n) is 1.53. The summed E-state index contributed by atoms with van der Waals surface area (Å²) in [6, 6.07) is 0. The second-order valence-corrected chi connectivity index (χ2v) is 3.57. The molecule has 1 heterocycles. The van der Waals surface area contributed by atoms with E-state index in [1.807, 2.05) is 11.7 Å². The summed E-state index contributed by atoms with van der Waals surface area (Å²) in [6.07, 6.45) is 4.04. The van der Waals surface area contributed by atoms with Crippen LogP contribution in [0.1, 0.15) is 32.5 Å². The van der Waals surface area contributed by atoms with E-state index in [-0.39, 0.29) is 0 Å². The van der Waals surface area contributed by atoms with Gasteiger partial charge in [-0.05, 0) is 13.0 Å². The second-order valence-electron chi connectivity index (χ2n) is 3.57. The van der Waals surface area contributed by atoms with E-state index in [4.69, 9.17) is 0 Å². The molecule has 1 rings (SSSR count). The van der Waals surface area contributed by atoms with Crippen molar-refractivity contribution >= 4 is 0 Å². The summed E-state index contributed by atoms with van der Waals surface area (Å²) >= 11 is 0. The van der Waals surface area contributed by atoms with E-state index in [1.165, 1.54) is 12.8 Å². The molecule has 4 heteroatoms. The van der Waals surface area contributed by atoms with Gasteiger partial charge in [0.25, 0.3) is 0 Å². The number of aromatic nitrogens is 3. The first-order chi connectivity index (χ1) is 6.81. The monoisotopic (exact) mass is 196 g/mol. The third-order valence-electron chi connectivity index (χ3n) is 2.62. The Morgan fingerprint density at radius 2 is 2.14 bits per heavy atom. The molecule has 0 radical (unpaired) electrons. The maximum absolute atomic E-state index is 4.24. The lowest BCUT2D eigenvalue weighted by Crippen LogP contribution is -2.17. The van der Waals surface area contributed by atoms with Gasteiger partial charge in [-0.25, -0.2) is 9.67 Å². The van der Waals surface area contributed by atoms with Crippen LogP contribution in [0.25, 0.3) is 0 Å². The molecule has 0 amide bonds. The Bertz CT molecular complexity index is 252. The fraction of sp³-hybridized carbons (Fsp3) is 0.800. The van der Waals surface area contributed by atoms with Gasteiger partial charge in [0.15, 0.2) is 0 Å². The summed E-state index contributed by atoms with van der Waals surface area (Å²) < 4.78 is 2.01. The van der Waals surface area contributed by atoms with Crippen LogP contribution < -0.4 is 5.32 Å². The first kappa shape index (κ1) is 11.2. The average molecular weight is 196 g/mol. The van der Waals surface area contributed by atoms with Crippen LogP contribution in [-0.4, -0.2) is 21.8 Å². The molecular weight excluding hydrogens is 176 g/mol. The third kappa shape index (κ3) is 2.80. The summed E-state index contributed by atoms with van der Waals surface area (Å²) in [6.45, 7) is 6.23. The molecule has 1 aromatic heterocycles. The Morgan fingerprint density at radius 3 is 2.71 bits per heavy atom. The lowest BCUT2D eigenvalue weighted by atomic mass is 10.0. The molecule has 1 aromatic rings. The maximum atomic E-state index is 4.24. The van der Waals surface area contributed by atoms with E-state index in [2.05, 4.69) is 29.2 Å². The zero-order valence-electron chi connectivity index (χ0n) is 9.32. The molecular formula is C10H20N4. The highest BCUT2D eigenvalue weighted by atomic mass is 15.3. The van der Waals surface area contributed by atoms with Gasteiger partial charge < -0.3 is 5.32 Å². The van der Waals surface area contributed by atoms with Crippen LogP contribution in [0.2, 0.25) is 0 Å². The highest BCUT2D eigenvalue weighted by Crippen LogP contribution is 2.10. The lowest BCUT2D eigenvalue weighted by molar-refractivity contribution is 0.385. The molecule has 0 bridgehead atoms. The second kappa shape index (κ2) is 5.75. The number of nitrogens with one attached hydrogen (secondary N) is 1. The van der Waals surface area contributed by atoms with Gasteiger partial charge in [-0.1, -0.05) is 26.7 Å². The van der Waals surface area contributed by atoms with Crippen LogP contribution in [-0.2, 0) is 13.1 Å². The quantitative estimate of drug-likeness (QED) is 0.748. The van der Waals surface area contributed by atoms with Crippen LogP contribution in [0, 0.1) is 5.92 Å². The van der Waals surface area contributed by atoms with Gasteiger partial charge >= 0.3 is 0 Å². The Morgan fingerprint density at radius 1 is 1.43 bits per heavy atom. The molecule has 0 spiro atoms. The van der Waals surface area contributed by atoms with Crippen molar-refractivity contribution in [3.8, 4) is 0 Å². The summed E-state index contributed by atoms with van der Waals surface area (Å²) in [5, 5.41) is 7.33. The highest BCUT2D eigenvalue weighted by Gasteiger charge is 2.08. The van der Waals surface area contributed by atoms with E-state index in [9.17, 15) is 0 Å². The first-order valence-electron chi connectivity index (χ1n) is 5.33. The van der Waals surface area contributed by atoms with Crippen molar-refractivity contribution in [2.75, 3.05) is 7.05 Å². The molecule has 0 unspecified atom stereocenters. The minimum atomic E-state index is 0.715. The molecule has 0 aromatic carbocycles. The first-order valence-corrected chi connectivity index (χ1v) is 5.33. The van der Waals surface area contributed by atoms with Crippen molar-refractivity contribution in [1.82, 2.24) is 20.1 Å². The van der Waals surface area contributed by atoms with Crippen molar-refractivity contribution in [2.24, 2.45) is 5.92 Å². The molecule has 0 aliphatic heterocycles. The predicted molar refractivity (Wildman–Crippen MR) is 56.9 cm³/mol. The van der Waals surface area contributed by atoms with E-state index in [1.54, 1.807) is 6.33 Å². The van der Waals surface area contributed by atoms with Gasteiger partial charge in [0.05, 0.1) is 6.54 Å². The summed E-state index contributed by atoms with van der Waals surface area (Å²) in [7, 11) is 1.93. The Hall–Kier alpha value is -0.900. The van der Waals surface area contributed by atoms with Crippen molar-refractivity contribution < 1.29 is 0 Å². The molecule has 0 saturated carbocycles. The van der Waals surface area contributed by atoms with Gasteiger partial charge in [0.2, 0.25) is 0 Å². The van der Waals surface area contributed by atoms with Crippen molar-refractivity contribution in [1.29, 1.82) is 0 Å². The molecule has 0 fully saturated rings. The van der Waals surface area contributed by atoms with E-state index in [0.717, 1.165) is 18.9 Å². The van der Waals surface area contributed by atoms with Gasteiger partial charge in [-0.15, -0.1) is 0 Å². The van der Waals surface area contributed by atoms with Crippen LogP contribution in [0.15, 0.2) is 6.33 Å². The standard InChI is InChI=1S/C10H20N4/c1-4-9(5-2)7-14-10(6-11-3)12-8-13-14/h8-9,11H,4-7H2,1-3H3. The largest absolute Gasteiger partial charge is 0.313 e. The molecule has 1 N–H and O–H groups in total. The fourth-order valence-corrected chi connectivity index (χ4v) is 1.53. The molecule has 0 atom stereocenters. The topological polar surface area (TPSA) is 42.7 Å². The normalized spacial score (nSPS) is 11.1. The van der Waals surface area contributed by atoms with Crippen LogP contribution >= 0.6 is 0 Å². The SMILES string of the molecule is CCC(CC)Cn1ncnc1CNC. The van der Waals surface area contributed by atoms with Gasteiger partial charge in [-0.3, -0.25) is 0 Å². The van der Waals surface area contributed by atoms with Gasteiger partial charge in [0.1, 0.15) is 12.2 Å². The molecule has 0 aliphatic carbocycles. The molecule has 0 aliphatic rings. The Kier molecular flexibility index (Phi) is 4.59. The zero-order valence-corrected chi connectivity index (χ0v) is 9.32. The van der Waals surface area contributed by atoms with E-state index >= 15 is 0 Å². The van der Waals surface area contributed by atoms with E-state index in [0.29, 0.717) is 5.92 Å². The summed E-state index contributed by atoms with van der Waals surface area (Å²) in [5.74, 6) is 1.74. The Balaban J connectivity index is 2.60. The van der Waals surface area contributed by atoms with E-state index < -0.39 is 0 Å². The van der Waals surface area contributed by atoms with Crippen molar-refractivity contribution in [2.45, 2.75) is 39.8 Å². The summed E-state index contributed by atoms with van der Waals surface area (Å²) in [4.78, 5) is 4.22. The Labute approximate surface area is 85.7 Å². The lowest BCUT2D eigenvalue weighted by Gasteiger charge is -2.13. The number of rotatable bonds is 6. The van der Waals surface area contributed by atoms with Crippen molar-refractivity contribution in [3.05, 3.63) is 12.2 Å². The number of hydrogen-bond donors (Lipinski definition) is 1. The summed E-state index contributed by atoms with van der Waals surface area (Å²) in [5.41, 5.74) is 0. The average Bonchev–Trinajstić information content (AvgIpc) is 2.62. The molecule has 4 nitrogen and oxygen atoms in total. The van der Waals surface area contributed by atoms with Crippen LogP contribution in [0.4, 0.5) is 0 Å². The van der Waals surface area contributed by atoms with Crippen LogP contribution in [0.3, 0.4) is 0 Å². The highest BCUT2D eigenvalue weighted by molar-refractivity contribution is 4.83. The molecule has 80 valence electrons. The zero-order chi connectivity index (χ0) is 10.4. The van der Waals surface area contributed by atoms with Gasteiger partial charge in [0, 0.05) is 6.54 Å². The number of nitrogens with zero attached hydrogens (tertiary/aromatic N) is 3.